The number of nitrogens with two attached hydrogens (primary N) is 1. The third-order valence-electron chi connectivity index (χ3n) is 2.99. The minimum absolute atomic E-state index is 0.193. The van der Waals surface area contributed by atoms with Gasteiger partial charge in [0.15, 0.2) is 0 Å². The first kappa shape index (κ1) is 13.2. The van der Waals surface area contributed by atoms with E-state index < -0.39 is 0 Å². The molecule has 2 rings (SSSR count). The van der Waals surface area contributed by atoms with E-state index in [1.54, 1.807) is 4.68 Å². The van der Waals surface area contributed by atoms with Crippen LogP contribution in [0.3, 0.4) is 0 Å². The van der Waals surface area contributed by atoms with Crippen molar-refractivity contribution in [3.63, 3.8) is 0 Å². The third-order valence-corrected chi connectivity index (χ3v) is 2.99. The van der Waals surface area contributed by atoms with Gasteiger partial charge in [-0.2, -0.15) is 10.4 Å². The molecule has 0 radical (unpaired) electrons. The highest BCUT2D eigenvalue weighted by Gasteiger charge is 2.25. The van der Waals surface area contributed by atoms with Crippen molar-refractivity contribution in [2.24, 2.45) is 0 Å². The summed E-state index contributed by atoms with van der Waals surface area (Å²) in [7, 11) is 0. The molecule has 0 atom stereocenters. The fourth-order valence-corrected chi connectivity index (χ4v) is 1.99. The van der Waals surface area contributed by atoms with E-state index in [-0.39, 0.29) is 5.41 Å². The molecule has 1 aromatic heterocycles. The Labute approximate surface area is 113 Å². The number of nitriles is 1. The van der Waals surface area contributed by atoms with E-state index in [1.165, 1.54) is 0 Å². The molecule has 0 amide bonds. The molecule has 0 aliphatic rings. The Balaban J connectivity index is 2.44. The molecule has 0 saturated carbocycles. The number of anilines is 1. The summed E-state index contributed by atoms with van der Waals surface area (Å²) in [4.78, 5) is 0. The van der Waals surface area contributed by atoms with Crippen molar-refractivity contribution in [2.75, 3.05) is 5.73 Å². The lowest BCUT2D eigenvalue weighted by Crippen LogP contribution is -2.14. The smallest absolute Gasteiger partial charge is 0.140 e. The number of hydrogen-bond acceptors (Lipinski definition) is 3. The van der Waals surface area contributed by atoms with Gasteiger partial charge in [-0.3, -0.25) is 0 Å². The van der Waals surface area contributed by atoms with Crippen molar-refractivity contribution < 1.29 is 0 Å². The predicted octanol–water partition coefficient (Wildman–Crippen LogP) is 2.68. The van der Waals surface area contributed by atoms with Crippen LogP contribution in [0, 0.1) is 11.3 Å². The van der Waals surface area contributed by atoms with Crippen LogP contribution in [0.25, 0.3) is 0 Å². The molecule has 0 bridgehead atoms. The summed E-state index contributed by atoms with van der Waals surface area (Å²) in [5.74, 6) is 0.441. The molecule has 0 spiro atoms. The normalized spacial score (nSPS) is 11.3. The number of rotatable bonds is 2. The molecule has 0 saturated heterocycles. The van der Waals surface area contributed by atoms with Crippen LogP contribution in [0.2, 0.25) is 0 Å². The van der Waals surface area contributed by atoms with Gasteiger partial charge in [0.2, 0.25) is 0 Å². The Morgan fingerprint density at radius 3 is 2.37 bits per heavy atom. The number of benzene rings is 1. The summed E-state index contributed by atoms with van der Waals surface area (Å²) >= 11 is 0. The van der Waals surface area contributed by atoms with Gasteiger partial charge in [0.25, 0.3) is 0 Å². The Morgan fingerprint density at radius 2 is 1.89 bits per heavy atom. The van der Waals surface area contributed by atoms with Crippen LogP contribution in [0.5, 0.6) is 0 Å². The van der Waals surface area contributed by atoms with Crippen LogP contribution in [0.15, 0.2) is 30.3 Å². The average molecular weight is 254 g/mol. The fraction of sp³-hybridized carbons (Fsp3) is 0.333. The van der Waals surface area contributed by atoms with Gasteiger partial charge < -0.3 is 5.73 Å². The van der Waals surface area contributed by atoms with Crippen molar-refractivity contribution >= 4 is 5.82 Å². The Kier molecular flexibility index (Phi) is 3.30. The summed E-state index contributed by atoms with van der Waals surface area (Å²) in [6, 6.07) is 12.1. The third kappa shape index (κ3) is 2.60. The number of aromatic nitrogens is 2. The van der Waals surface area contributed by atoms with Gasteiger partial charge >= 0.3 is 0 Å². The van der Waals surface area contributed by atoms with Crippen LogP contribution < -0.4 is 5.73 Å². The highest BCUT2D eigenvalue weighted by molar-refractivity contribution is 5.54. The van der Waals surface area contributed by atoms with Gasteiger partial charge in [-0.25, -0.2) is 4.68 Å². The topological polar surface area (TPSA) is 67.6 Å². The van der Waals surface area contributed by atoms with Crippen molar-refractivity contribution in [1.29, 1.82) is 5.26 Å². The Hall–Kier alpha value is -2.28. The molecule has 0 unspecified atom stereocenters. The summed E-state index contributed by atoms with van der Waals surface area (Å²) in [5.41, 5.74) is 8.20. The molecule has 2 N–H and O–H groups in total. The molecular weight excluding hydrogens is 236 g/mol. The van der Waals surface area contributed by atoms with Gasteiger partial charge in [0.05, 0.1) is 12.2 Å². The zero-order valence-corrected chi connectivity index (χ0v) is 11.5. The molecule has 1 heterocycles. The Morgan fingerprint density at radius 1 is 1.26 bits per heavy atom. The van der Waals surface area contributed by atoms with E-state index in [1.807, 2.05) is 51.1 Å². The molecule has 1 aromatic carbocycles. The van der Waals surface area contributed by atoms with Crippen molar-refractivity contribution in [1.82, 2.24) is 9.78 Å². The van der Waals surface area contributed by atoms with E-state index in [4.69, 9.17) is 5.73 Å². The summed E-state index contributed by atoms with van der Waals surface area (Å²) < 4.78 is 1.70. The fourth-order valence-electron chi connectivity index (χ4n) is 1.99. The molecule has 4 nitrogen and oxygen atoms in total. The highest BCUT2D eigenvalue weighted by atomic mass is 15.3. The summed E-state index contributed by atoms with van der Waals surface area (Å²) in [5, 5.41) is 13.8. The first-order chi connectivity index (χ1) is 8.93. The maximum Gasteiger partial charge on any atom is 0.140 e. The molecule has 19 heavy (non-hydrogen) atoms. The van der Waals surface area contributed by atoms with Crippen molar-refractivity contribution in [3.05, 3.63) is 47.2 Å². The SMILES string of the molecule is CC(C)(C)c1nn(Cc2ccccc2)c(N)c1C#N. The molecule has 0 aliphatic heterocycles. The lowest BCUT2D eigenvalue weighted by atomic mass is 9.90. The van der Waals surface area contributed by atoms with Gasteiger partial charge in [0, 0.05) is 5.41 Å². The molecule has 98 valence electrons. The minimum Gasteiger partial charge on any atom is -0.383 e. The minimum atomic E-state index is -0.193. The van der Waals surface area contributed by atoms with Crippen LogP contribution in [-0.4, -0.2) is 9.78 Å². The van der Waals surface area contributed by atoms with Gasteiger partial charge in [0.1, 0.15) is 17.5 Å². The quantitative estimate of drug-likeness (QED) is 0.895. The van der Waals surface area contributed by atoms with E-state index in [2.05, 4.69) is 11.2 Å². The monoisotopic (exact) mass is 254 g/mol. The second-order valence-corrected chi connectivity index (χ2v) is 5.61. The second kappa shape index (κ2) is 4.77. The van der Waals surface area contributed by atoms with E-state index >= 15 is 0 Å². The van der Waals surface area contributed by atoms with Crippen LogP contribution in [0.4, 0.5) is 5.82 Å². The first-order valence-electron chi connectivity index (χ1n) is 6.24. The molecule has 0 aliphatic carbocycles. The largest absolute Gasteiger partial charge is 0.383 e. The number of nitrogen functional groups attached to an aromatic ring is 1. The van der Waals surface area contributed by atoms with Crippen LogP contribution in [-0.2, 0) is 12.0 Å². The van der Waals surface area contributed by atoms with E-state index in [9.17, 15) is 5.26 Å². The predicted molar refractivity (Wildman–Crippen MR) is 75.6 cm³/mol. The zero-order valence-electron chi connectivity index (χ0n) is 11.5. The summed E-state index contributed by atoms with van der Waals surface area (Å²) in [6.07, 6.45) is 0. The average Bonchev–Trinajstić information content (AvgIpc) is 2.67. The lowest BCUT2D eigenvalue weighted by molar-refractivity contribution is 0.545. The number of hydrogen-bond donors (Lipinski definition) is 1. The van der Waals surface area contributed by atoms with Crippen molar-refractivity contribution in [3.8, 4) is 6.07 Å². The van der Waals surface area contributed by atoms with E-state index in [0.717, 1.165) is 11.3 Å². The second-order valence-electron chi connectivity index (χ2n) is 5.61. The standard InChI is InChI=1S/C15H18N4/c1-15(2,3)13-12(9-16)14(17)19(18-13)10-11-7-5-4-6-8-11/h4-8H,10,17H2,1-3H3. The van der Waals surface area contributed by atoms with Gasteiger partial charge in [-0.05, 0) is 5.56 Å². The van der Waals surface area contributed by atoms with Crippen LogP contribution >= 0.6 is 0 Å². The summed E-state index contributed by atoms with van der Waals surface area (Å²) in [6.45, 7) is 6.67. The molecular formula is C15H18N4. The molecule has 0 fully saturated rings. The first-order valence-corrected chi connectivity index (χ1v) is 6.24. The van der Waals surface area contributed by atoms with Crippen molar-refractivity contribution in [2.45, 2.75) is 32.7 Å². The highest BCUT2D eigenvalue weighted by Crippen LogP contribution is 2.28. The van der Waals surface area contributed by atoms with Crippen LogP contribution in [0.1, 0.15) is 37.6 Å². The molecule has 2 aromatic rings. The lowest BCUT2D eigenvalue weighted by Gasteiger charge is -2.15. The van der Waals surface area contributed by atoms with Gasteiger partial charge in [-0.15, -0.1) is 0 Å². The molecule has 4 heteroatoms. The maximum atomic E-state index is 9.26. The zero-order chi connectivity index (χ0) is 14.0. The maximum absolute atomic E-state index is 9.26. The van der Waals surface area contributed by atoms with E-state index in [0.29, 0.717) is 17.9 Å². The van der Waals surface area contributed by atoms with Gasteiger partial charge in [-0.1, -0.05) is 51.1 Å². The number of nitrogens with zero attached hydrogens (tertiary/aromatic N) is 3. The Bertz CT molecular complexity index is 612.